The van der Waals surface area contributed by atoms with Gasteiger partial charge in [0.15, 0.2) is 0 Å². The summed E-state index contributed by atoms with van der Waals surface area (Å²) in [5, 5.41) is 29.6. The highest BCUT2D eigenvalue weighted by molar-refractivity contribution is 5.94. The van der Waals surface area contributed by atoms with Gasteiger partial charge in [-0.15, -0.1) is 0 Å². The first-order valence-electron chi connectivity index (χ1n) is 15.2. The molecular weight excluding hydrogens is 552 g/mol. The molecule has 0 aliphatic heterocycles. The van der Waals surface area contributed by atoms with Crippen molar-refractivity contribution in [3.05, 3.63) is 130 Å². The van der Waals surface area contributed by atoms with Gasteiger partial charge in [0.1, 0.15) is 6.23 Å². The fourth-order valence-corrected chi connectivity index (χ4v) is 5.39. The van der Waals surface area contributed by atoms with Gasteiger partial charge >= 0.3 is 0 Å². The second kappa shape index (κ2) is 16.0. The molecule has 4 rings (SSSR count). The van der Waals surface area contributed by atoms with E-state index in [9.17, 15) is 19.8 Å². The number of carbonyl (C=O) groups excluding carboxylic acids is 2. The highest BCUT2D eigenvalue weighted by Gasteiger charge is 2.15. The number of rotatable bonds is 15. The molecule has 0 radical (unpaired) electrons. The maximum Gasteiger partial charge on any atom is 0.251 e. The number of aromatic nitrogens is 1. The van der Waals surface area contributed by atoms with Crippen molar-refractivity contribution in [3.8, 4) is 0 Å². The predicted octanol–water partition coefficient (Wildman–Crippen LogP) is 4.01. The van der Waals surface area contributed by atoms with E-state index in [4.69, 9.17) is 0 Å². The summed E-state index contributed by atoms with van der Waals surface area (Å²) in [5.74, 6) is -0.329. The molecule has 1 heterocycles. The number of nitrogens with one attached hydrogen (secondary N) is 3. The van der Waals surface area contributed by atoms with Gasteiger partial charge in [-0.25, -0.2) is 0 Å². The van der Waals surface area contributed by atoms with Crippen LogP contribution in [0.5, 0.6) is 0 Å². The molecule has 2 amide bonds. The first-order valence-corrected chi connectivity index (χ1v) is 15.2. The Labute approximate surface area is 260 Å². The molecule has 0 aliphatic rings. The number of aliphatic hydroxyl groups is 2. The van der Waals surface area contributed by atoms with Crippen LogP contribution in [0, 0.1) is 13.8 Å². The van der Waals surface area contributed by atoms with Gasteiger partial charge in [-0.05, 0) is 80.1 Å². The van der Waals surface area contributed by atoms with Gasteiger partial charge in [-0.3, -0.25) is 9.59 Å². The van der Waals surface area contributed by atoms with E-state index in [1.54, 1.807) is 12.1 Å². The first kappa shape index (κ1) is 32.7. The number of hydrogen-bond acceptors (Lipinski definition) is 5. The fourth-order valence-electron chi connectivity index (χ4n) is 5.39. The van der Waals surface area contributed by atoms with Crippen LogP contribution in [0.25, 0.3) is 0 Å². The molecule has 232 valence electrons. The van der Waals surface area contributed by atoms with Gasteiger partial charge < -0.3 is 30.7 Å². The van der Waals surface area contributed by atoms with Crippen molar-refractivity contribution in [3.63, 3.8) is 0 Å². The Kier molecular flexibility index (Phi) is 11.9. The van der Waals surface area contributed by atoms with Gasteiger partial charge in [0.05, 0.1) is 19.1 Å². The molecule has 8 heteroatoms. The van der Waals surface area contributed by atoms with E-state index in [1.807, 2.05) is 85.1 Å². The minimum atomic E-state index is -0.626. The molecule has 0 fully saturated rings. The summed E-state index contributed by atoms with van der Waals surface area (Å²) >= 11 is 0. The van der Waals surface area contributed by atoms with Gasteiger partial charge in [-0.2, -0.15) is 0 Å². The molecule has 0 spiro atoms. The smallest absolute Gasteiger partial charge is 0.251 e. The largest absolute Gasteiger partial charge is 0.394 e. The Hall–Kier alpha value is -4.24. The maximum absolute atomic E-state index is 12.7. The molecule has 44 heavy (non-hydrogen) atoms. The molecule has 0 bridgehead atoms. The van der Waals surface area contributed by atoms with Crippen molar-refractivity contribution in [2.75, 3.05) is 13.2 Å². The van der Waals surface area contributed by atoms with Crippen LogP contribution in [0.3, 0.4) is 0 Å². The highest BCUT2D eigenvalue weighted by atomic mass is 16.3. The molecule has 0 saturated carbocycles. The zero-order valence-electron chi connectivity index (χ0n) is 25.8. The third-order valence-corrected chi connectivity index (χ3v) is 7.76. The number of nitrogens with zero attached hydrogens (tertiary/aromatic N) is 1. The van der Waals surface area contributed by atoms with Gasteiger partial charge in [0, 0.05) is 36.1 Å². The summed E-state index contributed by atoms with van der Waals surface area (Å²) in [6.07, 6.45) is 0.964. The Bertz CT molecular complexity index is 1480. The van der Waals surface area contributed by atoms with Crippen LogP contribution in [0.4, 0.5) is 0 Å². The summed E-state index contributed by atoms with van der Waals surface area (Å²) < 4.78 is 1.92. The molecule has 0 aliphatic carbocycles. The number of amides is 2. The van der Waals surface area contributed by atoms with E-state index in [-0.39, 0.29) is 36.9 Å². The van der Waals surface area contributed by atoms with E-state index in [0.29, 0.717) is 25.1 Å². The van der Waals surface area contributed by atoms with E-state index in [0.717, 1.165) is 40.1 Å². The zero-order chi connectivity index (χ0) is 31.5. The van der Waals surface area contributed by atoms with Crippen molar-refractivity contribution in [1.82, 2.24) is 20.5 Å². The first-order chi connectivity index (χ1) is 21.2. The van der Waals surface area contributed by atoms with E-state index in [1.165, 1.54) is 0 Å². The summed E-state index contributed by atoms with van der Waals surface area (Å²) in [4.78, 5) is 25.4. The van der Waals surface area contributed by atoms with Crippen LogP contribution in [0.15, 0.2) is 91.0 Å². The molecule has 3 atom stereocenters. The number of benzene rings is 3. The van der Waals surface area contributed by atoms with Crippen molar-refractivity contribution < 1.29 is 19.8 Å². The summed E-state index contributed by atoms with van der Waals surface area (Å²) in [5.41, 5.74) is 6.55. The zero-order valence-corrected chi connectivity index (χ0v) is 25.8. The SMILES string of the molecule is Cc1ccc(C)n1C(O)CNC(C)Cc1cccc(CC(=O)NCc2ccc(C(=O)NC(CO)Cc3ccccc3)cc2)c1. The monoisotopic (exact) mass is 596 g/mol. The lowest BCUT2D eigenvalue weighted by atomic mass is 10.0. The second-order valence-corrected chi connectivity index (χ2v) is 11.5. The van der Waals surface area contributed by atoms with Crippen molar-refractivity contribution in [2.24, 2.45) is 0 Å². The third kappa shape index (κ3) is 9.64. The maximum atomic E-state index is 12.7. The average Bonchev–Trinajstić information content (AvgIpc) is 3.36. The van der Waals surface area contributed by atoms with Crippen molar-refractivity contribution >= 4 is 11.8 Å². The van der Waals surface area contributed by atoms with Gasteiger partial charge in [0.25, 0.3) is 5.91 Å². The Morgan fingerprint density at radius 1 is 0.795 bits per heavy atom. The number of aryl methyl sites for hydroxylation is 2. The Morgan fingerprint density at radius 2 is 1.45 bits per heavy atom. The van der Waals surface area contributed by atoms with Gasteiger partial charge in [-0.1, -0.05) is 66.7 Å². The number of hydrogen-bond donors (Lipinski definition) is 5. The molecule has 4 aromatic rings. The van der Waals surface area contributed by atoms with E-state index < -0.39 is 6.23 Å². The standard InChI is InChI=1S/C36H44N4O4/c1-25(37-23-35(43)40-26(2)12-13-27(40)3)18-30-10-7-11-31(19-30)21-34(42)38-22-29-14-16-32(17-15-29)36(44)39-33(24-41)20-28-8-5-4-6-9-28/h4-17,19,25,33,35,37,41,43H,18,20-24H2,1-3H3,(H,38,42)(H,39,44). The van der Waals surface area contributed by atoms with Crippen LogP contribution in [-0.2, 0) is 30.6 Å². The molecule has 5 N–H and O–H groups in total. The fraction of sp³-hybridized carbons (Fsp3) is 0.333. The normalized spacial score (nSPS) is 13.2. The molecular formula is C36H44N4O4. The lowest BCUT2D eigenvalue weighted by Crippen LogP contribution is -2.39. The minimum Gasteiger partial charge on any atom is -0.394 e. The van der Waals surface area contributed by atoms with Crippen LogP contribution in [-0.4, -0.2) is 51.8 Å². The second-order valence-electron chi connectivity index (χ2n) is 11.5. The molecule has 3 aromatic carbocycles. The predicted molar refractivity (Wildman–Crippen MR) is 173 cm³/mol. The molecule has 1 aromatic heterocycles. The van der Waals surface area contributed by atoms with Crippen LogP contribution in [0.1, 0.15) is 57.2 Å². The van der Waals surface area contributed by atoms with E-state index >= 15 is 0 Å². The topological polar surface area (TPSA) is 116 Å². The quantitative estimate of drug-likeness (QED) is 0.142. The van der Waals surface area contributed by atoms with Crippen molar-refractivity contribution in [1.29, 1.82) is 0 Å². The summed E-state index contributed by atoms with van der Waals surface area (Å²) in [6.45, 7) is 6.72. The van der Waals surface area contributed by atoms with Crippen LogP contribution >= 0.6 is 0 Å². The molecule has 8 nitrogen and oxygen atoms in total. The Morgan fingerprint density at radius 3 is 2.14 bits per heavy atom. The van der Waals surface area contributed by atoms with Gasteiger partial charge in [0.2, 0.25) is 5.91 Å². The molecule has 0 saturated heterocycles. The lowest BCUT2D eigenvalue weighted by molar-refractivity contribution is -0.120. The van der Waals surface area contributed by atoms with Crippen LogP contribution < -0.4 is 16.0 Å². The number of carbonyl (C=O) groups is 2. The summed E-state index contributed by atoms with van der Waals surface area (Å²) in [7, 11) is 0. The number of aliphatic hydroxyl groups excluding tert-OH is 2. The highest BCUT2D eigenvalue weighted by Crippen LogP contribution is 2.14. The lowest BCUT2D eigenvalue weighted by Gasteiger charge is -2.21. The molecule has 3 unspecified atom stereocenters. The Balaban J connectivity index is 1.21. The minimum absolute atomic E-state index is 0.0811. The van der Waals surface area contributed by atoms with Crippen LogP contribution in [0.2, 0.25) is 0 Å². The average molecular weight is 597 g/mol. The third-order valence-electron chi connectivity index (χ3n) is 7.76. The van der Waals surface area contributed by atoms with Crippen molar-refractivity contribution in [2.45, 2.75) is 64.9 Å². The summed E-state index contributed by atoms with van der Waals surface area (Å²) in [6, 6.07) is 28.6. The van der Waals surface area contributed by atoms with E-state index in [2.05, 4.69) is 35.0 Å².